The van der Waals surface area contributed by atoms with Crippen LogP contribution >= 0.6 is 0 Å². The quantitative estimate of drug-likeness (QED) is 0.844. The van der Waals surface area contributed by atoms with E-state index in [0.717, 1.165) is 5.69 Å². The van der Waals surface area contributed by atoms with Crippen molar-refractivity contribution in [1.29, 1.82) is 0 Å². The lowest BCUT2D eigenvalue weighted by Crippen LogP contribution is -2.33. The summed E-state index contributed by atoms with van der Waals surface area (Å²) in [6.07, 6.45) is 0.379. The molecule has 1 aromatic carbocycles. The Morgan fingerprint density at radius 3 is 2.64 bits per heavy atom. The molecular formula is C15H18N4O3. The van der Waals surface area contributed by atoms with Gasteiger partial charge < -0.3 is 10.4 Å². The normalized spacial score (nSPS) is 11.9. The van der Waals surface area contributed by atoms with E-state index < -0.39 is 5.97 Å². The molecule has 0 aliphatic rings. The zero-order chi connectivity index (χ0) is 16.1. The highest BCUT2D eigenvalue weighted by Crippen LogP contribution is 2.12. The number of carbonyl (C=O) groups is 2. The minimum Gasteiger partial charge on any atom is -0.481 e. The standard InChI is InChI=1S/C15H18N4O3/c1-10(8-9-13(20)21)16-15(22)14-11(2)19(18-17-14)12-6-4-3-5-7-12/h3-7,10H,8-9H2,1-2H3,(H,16,22)(H,20,21). The van der Waals surface area contributed by atoms with Gasteiger partial charge >= 0.3 is 5.97 Å². The van der Waals surface area contributed by atoms with Crippen LogP contribution in [0.1, 0.15) is 35.9 Å². The summed E-state index contributed by atoms with van der Waals surface area (Å²) in [6, 6.07) is 9.16. The maximum Gasteiger partial charge on any atom is 0.303 e. The number of rotatable bonds is 6. The number of nitrogens with one attached hydrogen (secondary N) is 1. The number of nitrogens with zero attached hydrogens (tertiary/aromatic N) is 3. The molecular weight excluding hydrogens is 284 g/mol. The van der Waals surface area contributed by atoms with E-state index in [0.29, 0.717) is 12.1 Å². The second-order valence-corrected chi connectivity index (χ2v) is 5.08. The number of carboxylic acid groups (broad SMARTS) is 1. The van der Waals surface area contributed by atoms with Gasteiger partial charge in [0.15, 0.2) is 5.69 Å². The average Bonchev–Trinajstić information content (AvgIpc) is 2.88. The molecule has 1 unspecified atom stereocenters. The number of benzene rings is 1. The van der Waals surface area contributed by atoms with Crippen LogP contribution < -0.4 is 5.32 Å². The van der Waals surface area contributed by atoms with Gasteiger partial charge in [-0.25, -0.2) is 4.68 Å². The van der Waals surface area contributed by atoms with E-state index in [1.165, 1.54) is 0 Å². The van der Waals surface area contributed by atoms with Crippen LogP contribution in [0.15, 0.2) is 30.3 Å². The van der Waals surface area contributed by atoms with Gasteiger partial charge in [0.2, 0.25) is 0 Å². The number of aliphatic carboxylic acids is 1. The monoisotopic (exact) mass is 302 g/mol. The van der Waals surface area contributed by atoms with Crippen LogP contribution in [0, 0.1) is 6.92 Å². The fourth-order valence-corrected chi connectivity index (χ4v) is 2.06. The topological polar surface area (TPSA) is 97.1 Å². The molecule has 1 atom stereocenters. The minimum atomic E-state index is -0.882. The Kier molecular flexibility index (Phi) is 4.88. The van der Waals surface area contributed by atoms with Gasteiger partial charge in [0.05, 0.1) is 11.4 Å². The molecule has 2 N–H and O–H groups in total. The molecule has 0 fully saturated rings. The summed E-state index contributed by atoms with van der Waals surface area (Å²) >= 11 is 0. The highest BCUT2D eigenvalue weighted by Gasteiger charge is 2.19. The molecule has 0 saturated heterocycles. The lowest BCUT2D eigenvalue weighted by atomic mass is 10.2. The largest absolute Gasteiger partial charge is 0.481 e. The third-order valence-electron chi connectivity index (χ3n) is 3.28. The predicted molar refractivity (Wildman–Crippen MR) is 79.9 cm³/mol. The molecule has 2 rings (SSSR count). The molecule has 1 aromatic heterocycles. The van der Waals surface area contributed by atoms with Gasteiger partial charge in [0.25, 0.3) is 5.91 Å². The number of carbonyl (C=O) groups excluding carboxylic acids is 1. The third kappa shape index (κ3) is 3.69. The smallest absolute Gasteiger partial charge is 0.303 e. The van der Waals surface area contributed by atoms with Crippen LogP contribution in [-0.4, -0.2) is 38.0 Å². The van der Waals surface area contributed by atoms with E-state index in [2.05, 4.69) is 15.6 Å². The van der Waals surface area contributed by atoms with Crippen molar-refractivity contribution in [3.05, 3.63) is 41.7 Å². The van der Waals surface area contributed by atoms with Gasteiger partial charge in [0, 0.05) is 12.5 Å². The molecule has 0 radical (unpaired) electrons. The highest BCUT2D eigenvalue weighted by molar-refractivity contribution is 5.93. The van der Waals surface area contributed by atoms with Crippen LogP contribution in [0.3, 0.4) is 0 Å². The summed E-state index contributed by atoms with van der Waals surface area (Å²) in [5.74, 6) is -1.23. The van der Waals surface area contributed by atoms with Crippen molar-refractivity contribution in [3.8, 4) is 5.69 Å². The zero-order valence-corrected chi connectivity index (χ0v) is 12.5. The molecule has 22 heavy (non-hydrogen) atoms. The van der Waals surface area contributed by atoms with E-state index in [1.54, 1.807) is 18.5 Å². The number of hydrogen-bond acceptors (Lipinski definition) is 4. The van der Waals surface area contributed by atoms with Gasteiger partial charge in [-0.2, -0.15) is 0 Å². The predicted octanol–water partition coefficient (Wildman–Crippen LogP) is 1.56. The fourth-order valence-electron chi connectivity index (χ4n) is 2.06. The number of carboxylic acids is 1. The lowest BCUT2D eigenvalue weighted by molar-refractivity contribution is -0.137. The van der Waals surface area contributed by atoms with Crippen LogP contribution in [0.5, 0.6) is 0 Å². The van der Waals surface area contributed by atoms with Crippen molar-refractivity contribution >= 4 is 11.9 Å². The molecule has 0 aliphatic heterocycles. The Morgan fingerprint density at radius 2 is 2.00 bits per heavy atom. The van der Waals surface area contributed by atoms with Crippen molar-refractivity contribution in [2.45, 2.75) is 32.7 Å². The van der Waals surface area contributed by atoms with Gasteiger partial charge in [-0.05, 0) is 32.4 Å². The molecule has 1 amide bonds. The molecule has 0 spiro atoms. The Hall–Kier alpha value is -2.70. The number of amides is 1. The van der Waals surface area contributed by atoms with Crippen molar-refractivity contribution in [1.82, 2.24) is 20.3 Å². The van der Waals surface area contributed by atoms with Crippen molar-refractivity contribution in [2.24, 2.45) is 0 Å². The molecule has 7 nitrogen and oxygen atoms in total. The molecule has 7 heteroatoms. The van der Waals surface area contributed by atoms with E-state index in [4.69, 9.17) is 5.11 Å². The first-order valence-corrected chi connectivity index (χ1v) is 6.99. The van der Waals surface area contributed by atoms with Crippen LogP contribution in [0.2, 0.25) is 0 Å². The SMILES string of the molecule is Cc1c(C(=O)NC(C)CCC(=O)O)nnn1-c1ccccc1. The molecule has 1 heterocycles. The Bertz CT molecular complexity index is 667. The van der Waals surface area contributed by atoms with Crippen molar-refractivity contribution < 1.29 is 14.7 Å². The van der Waals surface area contributed by atoms with Crippen LogP contribution in [-0.2, 0) is 4.79 Å². The summed E-state index contributed by atoms with van der Waals surface area (Å²) in [5, 5.41) is 19.3. The zero-order valence-electron chi connectivity index (χ0n) is 12.5. The van der Waals surface area contributed by atoms with Gasteiger partial charge in [-0.1, -0.05) is 23.4 Å². The van der Waals surface area contributed by atoms with E-state index in [9.17, 15) is 9.59 Å². The third-order valence-corrected chi connectivity index (χ3v) is 3.28. The molecule has 0 aliphatic carbocycles. The van der Waals surface area contributed by atoms with Crippen LogP contribution in [0.25, 0.3) is 5.69 Å². The second kappa shape index (κ2) is 6.84. The molecule has 2 aromatic rings. The number of aromatic nitrogens is 3. The van der Waals surface area contributed by atoms with E-state index in [-0.39, 0.29) is 24.1 Å². The summed E-state index contributed by atoms with van der Waals surface area (Å²) in [4.78, 5) is 22.7. The summed E-state index contributed by atoms with van der Waals surface area (Å²) < 4.78 is 1.59. The first-order chi connectivity index (χ1) is 10.5. The number of para-hydroxylation sites is 1. The van der Waals surface area contributed by atoms with Crippen LogP contribution in [0.4, 0.5) is 0 Å². The molecule has 0 bridgehead atoms. The number of hydrogen-bond donors (Lipinski definition) is 2. The van der Waals surface area contributed by atoms with Gasteiger partial charge in [-0.15, -0.1) is 5.10 Å². The maximum absolute atomic E-state index is 12.2. The average molecular weight is 302 g/mol. The first kappa shape index (κ1) is 15.7. The first-order valence-electron chi connectivity index (χ1n) is 6.99. The van der Waals surface area contributed by atoms with Gasteiger partial charge in [0.1, 0.15) is 0 Å². The van der Waals surface area contributed by atoms with E-state index in [1.807, 2.05) is 30.3 Å². The minimum absolute atomic E-state index is 0.0110. The highest BCUT2D eigenvalue weighted by atomic mass is 16.4. The van der Waals surface area contributed by atoms with Crippen molar-refractivity contribution in [2.75, 3.05) is 0 Å². The maximum atomic E-state index is 12.2. The lowest BCUT2D eigenvalue weighted by Gasteiger charge is -2.11. The summed E-state index contributed by atoms with van der Waals surface area (Å²) in [7, 11) is 0. The summed E-state index contributed by atoms with van der Waals surface area (Å²) in [6.45, 7) is 3.53. The molecule has 116 valence electrons. The summed E-state index contributed by atoms with van der Waals surface area (Å²) in [5.41, 5.74) is 1.70. The Labute approximate surface area is 128 Å². The van der Waals surface area contributed by atoms with Gasteiger partial charge in [-0.3, -0.25) is 9.59 Å². The second-order valence-electron chi connectivity index (χ2n) is 5.08. The fraction of sp³-hybridized carbons (Fsp3) is 0.333. The van der Waals surface area contributed by atoms with Crippen molar-refractivity contribution in [3.63, 3.8) is 0 Å². The Balaban J connectivity index is 2.08. The molecule has 0 saturated carbocycles. The van der Waals surface area contributed by atoms with E-state index >= 15 is 0 Å². The Morgan fingerprint density at radius 1 is 1.32 bits per heavy atom.